The van der Waals surface area contributed by atoms with Crippen molar-refractivity contribution in [2.45, 2.75) is 32.3 Å². The first kappa shape index (κ1) is 22.2. The van der Waals surface area contributed by atoms with Crippen molar-refractivity contribution < 1.29 is 14.6 Å². The van der Waals surface area contributed by atoms with Crippen LogP contribution in [-0.2, 0) is 0 Å². The number of amides is 1. The van der Waals surface area contributed by atoms with E-state index in [1.165, 1.54) is 0 Å². The summed E-state index contributed by atoms with van der Waals surface area (Å²) in [5, 5.41) is 13.9. The number of halogens is 1. The molecule has 6 heteroatoms. The Kier molecular flexibility index (Phi) is 6.74. The molecule has 0 bridgehead atoms. The average molecular weight is 429 g/mol. The number of rotatable bonds is 4. The second-order valence-electron chi connectivity index (χ2n) is 7.68. The molecule has 2 aromatic rings. The van der Waals surface area contributed by atoms with Crippen molar-refractivity contribution in [1.82, 2.24) is 10.2 Å². The van der Waals surface area contributed by atoms with Gasteiger partial charge >= 0.3 is 0 Å². The third-order valence-electron chi connectivity index (χ3n) is 5.94. The van der Waals surface area contributed by atoms with Gasteiger partial charge in [-0.25, -0.2) is 0 Å². The molecule has 5 nitrogen and oxygen atoms in total. The van der Waals surface area contributed by atoms with Crippen LogP contribution in [0.3, 0.4) is 0 Å². The maximum absolute atomic E-state index is 12.6. The van der Waals surface area contributed by atoms with Crippen molar-refractivity contribution in [2.24, 2.45) is 0 Å². The topological polar surface area (TPSA) is 61.8 Å². The third kappa shape index (κ3) is 4.05. The number of phenolic OH excluding ortho intramolecular Hbond substituents is 1. The number of hydrogen-bond acceptors (Lipinski definition) is 4. The number of aromatic hydroxyl groups is 1. The van der Waals surface area contributed by atoms with Crippen LogP contribution in [0.15, 0.2) is 48.5 Å². The highest BCUT2D eigenvalue weighted by Crippen LogP contribution is 2.46. The van der Waals surface area contributed by atoms with Crippen molar-refractivity contribution >= 4 is 23.9 Å². The van der Waals surface area contributed by atoms with Gasteiger partial charge in [-0.3, -0.25) is 4.79 Å². The summed E-state index contributed by atoms with van der Waals surface area (Å²) >= 11 is 0. The summed E-state index contributed by atoms with van der Waals surface area (Å²) in [6.45, 7) is 7.15. The van der Waals surface area contributed by atoms with Crippen LogP contribution in [0, 0.1) is 0 Å². The summed E-state index contributed by atoms with van der Waals surface area (Å²) in [5.74, 6) is 0.967. The fourth-order valence-electron chi connectivity index (χ4n) is 4.27. The predicted octanol–water partition coefficient (Wildman–Crippen LogP) is 4.24. The van der Waals surface area contributed by atoms with Crippen molar-refractivity contribution in [1.29, 1.82) is 0 Å². The lowest BCUT2D eigenvalue weighted by Crippen LogP contribution is -2.46. The van der Waals surface area contributed by atoms with Crippen LogP contribution in [0.1, 0.15) is 48.2 Å². The Morgan fingerprint density at radius 2 is 1.77 bits per heavy atom. The number of phenols is 1. The molecular weight excluding hydrogens is 400 g/mol. The summed E-state index contributed by atoms with van der Waals surface area (Å²) in [6.07, 6.45) is 3.92. The summed E-state index contributed by atoms with van der Waals surface area (Å²) in [7, 11) is 0. The zero-order chi connectivity index (χ0) is 20.4. The molecule has 2 aromatic carbocycles. The van der Waals surface area contributed by atoms with E-state index in [9.17, 15) is 9.90 Å². The van der Waals surface area contributed by atoms with E-state index in [-0.39, 0.29) is 29.7 Å². The summed E-state index contributed by atoms with van der Waals surface area (Å²) in [6, 6.07) is 13.1. The molecule has 1 saturated heterocycles. The Morgan fingerprint density at radius 1 is 1.10 bits per heavy atom. The van der Waals surface area contributed by atoms with Gasteiger partial charge in [0.05, 0.1) is 5.56 Å². The van der Waals surface area contributed by atoms with Crippen LogP contribution >= 0.6 is 12.4 Å². The number of nitrogens with one attached hydrogen (secondary N) is 1. The number of fused-ring (bicyclic) bond motifs is 1. The minimum atomic E-state index is -0.364. The molecule has 2 aliphatic heterocycles. The van der Waals surface area contributed by atoms with E-state index in [4.69, 9.17) is 4.74 Å². The molecule has 0 unspecified atom stereocenters. The first-order valence-electron chi connectivity index (χ1n) is 10.4. The van der Waals surface area contributed by atoms with Crippen LogP contribution in [0.2, 0.25) is 0 Å². The fourth-order valence-corrected chi connectivity index (χ4v) is 4.27. The molecule has 1 fully saturated rings. The Balaban J connectivity index is 0.00000256. The number of carbonyl (C=O) groups excluding carboxylic acids is 1. The van der Waals surface area contributed by atoms with Gasteiger partial charge in [0.1, 0.15) is 17.1 Å². The zero-order valence-electron chi connectivity index (χ0n) is 17.5. The van der Waals surface area contributed by atoms with E-state index < -0.39 is 0 Å². The summed E-state index contributed by atoms with van der Waals surface area (Å²) in [4.78, 5) is 14.4. The molecule has 1 amide bonds. The third-order valence-corrected chi connectivity index (χ3v) is 5.94. The van der Waals surface area contributed by atoms with Crippen LogP contribution in [0.4, 0.5) is 0 Å². The number of hydrogen-bond donors (Lipinski definition) is 2. The van der Waals surface area contributed by atoms with E-state index in [1.54, 1.807) is 6.07 Å². The van der Waals surface area contributed by atoms with Crippen LogP contribution in [-0.4, -0.2) is 47.7 Å². The molecule has 2 heterocycles. The van der Waals surface area contributed by atoms with Gasteiger partial charge in [0.2, 0.25) is 0 Å². The standard InChI is InChI=1S/C24H28N2O3.ClH/c1-3-26(4-2)23(28)18-10-8-17(9-11-18)19-16-24(12-14-25-15-13-24)29-21-7-5-6-20(27)22(19)21;/h5-11,16,25,27H,3-4,12-15H2,1-2H3;1H. The summed E-state index contributed by atoms with van der Waals surface area (Å²) < 4.78 is 6.38. The second-order valence-corrected chi connectivity index (χ2v) is 7.68. The molecule has 4 rings (SSSR count). The lowest BCUT2D eigenvalue weighted by Gasteiger charge is -2.40. The van der Waals surface area contributed by atoms with Crippen LogP contribution in [0.5, 0.6) is 11.5 Å². The molecule has 0 aromatic heterocycles. The minimum Gasteiger partial charge on any atom is -0.507 e. The van der Waals surface area contributed by atoms with Crippen LogP contribution < -0.4 is 10.1 Å². The Hall–Kier alpha value is -2.50. The van der Waals surface area contributed by atoms with Gasteiger partial charge in [-0.15, -0.1) is 12.4 Å². The van der Waals surface area contributed by atoms with Crippen molar-refractivity contribution in [3.05, 3.63) is 65.2 Å². The number of ether oxygens (including phenoxy) is 1. The molecule has 2 N–H and O–H groups in total. The molecule has 1 spiro atoms. The first-order chi connectivity index (χ1) is 14.1. The lowest BCUT2D eigenvalue weighted by molar-refractivity contribution is 0.0772. The highest BCUT2D eigenvalue weighted by atomic mass is 35.5. The molecular formula is C24H29ClN2O3. The van der Waals surface area contributed by atoms with Crippen LogP contribution in [0.25, 0.3) is 5.57 Å². The average Bonchev–Trinajstić information content (AvgIpc) is 2.74. The smallest absolute Gasteiger partial charge is 0.253 e. The van der Waals surface area contributed by atoms with Gasteiger partial charge in [-0.1, -0.05) is 18.2 Å². The van der Waals surface area contributed by atoms with Crippen molar-refractivity contribution in [3.63, 3.8) is 0 Å². The summed E-state index contributed by atoms with van der Waals surface area (Å²) in [5.41, 5.74) is 2.98. The van der Waals surface area contributed by atoms with E-state index in [1.807, 2.05) is 55.1 Å². The molecule has 2 aliphatic rings. The lowest BCUT2D eigenvalue weighted by atomic mass is 9.83. The van der Waals surface area contributed by atoms with Crippen molar-refractivity contribution in [2.75, 3.05) is 26.2 Å². The van der Waals surface area contributed by atoms with Gasteiger partial charge in [0.15, 0.2) is 0 Å². The monoisotopic (exact) mass is 428 g/mol. The molecule has 160 valence electrons. The van der Waals surface area contributed by atoms with E-state index in [0.717, 1.165) is 42.6 Å². The zero-order valence-corrected chi connectivity index (χ0v) is 18.3. The number of benzene rings is 2. The molecule has 0 saturated carbocycles. The van der Waals surface area contributed by atoms with E-state index >= 15 is 0 Å². The molecule has 0 radical (unpaired) electrons. The Bertz CT molecular complexity index is 930. The molecule has 0 aliphatic carbocycles. The van der Waals surface area contributed by atoms with Gasteiger partial charge in [0, 0.05) is 31.5 Å². The highest BCUT2D eigenvalue weighted by molar-refractivity contribution is 5.95. The van der Waals surface area contributed by atoms with E-state index in [2.05, 4.69) is 11.4 Å². The Morgan fingerprint density at radius 3 is 2.40 bits per heavy atom. The maximum atomic E-state index is 12.6. The van der Waals surface area contributed by atoms with E-state index in [0.29, 0.717) is 24.4 Å². The van der Waals surface area contributed by atoms with Gasteiger partial charge < -0.3 is 20.1 Å². The minimum absolute atomic E-state index is 0. The largest absolute Gasteiger partial charge is 0.507 e. The van der Waals surface area contributed by atoms with Crippen molar-refractivity contribution in [3.8, 4) is 11.5 Å². The number of piperidine rings is 1. The normalized spacial score (nSPS) is 16.7. The molecule has 30 heavy (non-hydrogen) atoms. The molecule has 0 atom stereocenters. The number of nitrogens with zero attached hydrogens (tertiary/aromatic N) is 1. The second kappa shape index (κ2) is 9.11. The fraction of sp³-hybridized carbons (Fsp3) is 0.375. The Labute approximate surface area is 184 Å². The van der Waals surface area contributed by atoms with Gasteiger partial charge in [0.25, 0.3) is 5.91 Å². The number of carbonyl (C=O) groups is 1. The quantitative estimate of drug-likeness (QED) is 0.764. The van der Waals surface area contributed by atoms with Gasteiger partial charge in [-0.2, -0.15) is 0 Å². The maximum Gasteiger partial charge on any atom is 0.253 e. The predicted molar refractivity (Wildman–Crippen MR) is 122 cm³/mol. The van der Waals surface area contributed by atoms with Gasteiger partial charge in [-0.05, 0) is 68.4 Å². The first-order valence-corrected chi connectivity index (χ1v) is 10.4. The highest BCUT2D eigenvalue weighted by Gasteiger charge is 2.38. The SMILES string of the molecule is CCN(CC)C(=O)c1ccc(C2=CC3(CCNCC3)Oc3cccc(O)c32)cc1.Cl.